The Morgan fingerprint density at radius 3 is 2.68 bits per heavy atom. The molecule has 0 spiro atoms. The van der Waals surface area contributed by atoms with Gasteiger partial charge in [0.2, 0.25) is 0 Å². The van der Waals surface area contributed by atoms with Gasteiger partial charge in [-0.1, -0.05) is 30.3 Å². The van der Waals surface area contributed by atoms with Crippen molar-refractivity contribution in [3.63, 3.8) is 0 Å². The minimum atomic E-state index is -0.0461. The summed E-state index contributed by atoms with van der Waals surface area (Å²) in [5.41, 5.74) is 1.14. The standard InChI is InChI=1S/C14H15BrN2OS/c1-10-16-7-13(15)14(18)17(10)8-12(9-19)11-5-3-2-4-6-11/h2-7,12,19H,8-9H2,1H3. The van der Waals surface area contributed by atoms with Gasteiger partial charge in [0, 0.05) is 18.7 Å². The lowest BCUT2D eigenvalue weighted by atomic mass is 10.0. The number of thiol groups is 1. The second-order valence-electron chi connectivity index (χ2n) is 4.36. The van der Waals surface area contributed by atoms with Gasteiger partial charge in [0.15, 0.2) is 0 Å². The first-order valence-electron chi connectivity index (χ1n) is 6.01. The van der Waals surface area contributed by atoms with Crippen LogP contribution >= 0.6 is 28.6 Å². The lowest BCUT2D eigenvalue weighted by Crippen LogP contribution is -2.27. The molecule has 0 amide bonds. The van der Waals surface area contributed by atoms with Gasteiger partial charge in [-0.3, -0.25) is 9.36 Å². The van der Waals surface area contributed by atoms with Gasteiger partial charge in [-0.2, -0.15) is 12.6 Å². The Morgan fingerprint density at radius 1 is 1.37 bits per heavy atom. The third kappa shape index (κ3) is 3.28. The SMILES string of the molecule is Cc1ncc(Br)c(=O)n1CC(CS)c1ccccc1. The number of hydrogen-bond acceptors (Lipinski definition) is 3. The molecule has 0 fully saturated rings. The summed E-state index contributed by atoms with van der Waals surface area (Å²) in [7, 11) is 0. The molecule has 0 saturated carbocycles. The van der Waals surface area contributed by atoms with Crippen LogP contribution in [0.15, 0.2) is 45.8 Å². The fourth-order valence-electron chi connectivity index (χ4n) is 1.98. The molecular weight excluding hydrogens is 324 g/mol. The van der Waals surface area contributed by atoms with Crippen LogP contribution in [0.4, 0.5) is 0 Å². The zero-order valence-electron chi connectivity index (χ0n) is 10.6. The number of hydrogen-bond donors (Lipinski definition) is 1. The largest absolute Gasteiger partial charge is 0.295 e. The van der Waals surface area contributed by atoms with Crippen molar-refractivity contribution < 1.29 is 0 Å². The first-order valence-corrected chi connectivity index (χ1v) is 7.43. The summed E-state index contributed by atoms with van der Waals surface area (Å²) in [5.74, 6) is 1.59. The average Bonchev–Trinajstić information content (AvgIpc) is 2.44. The van der Waals surface area contributed by atoms with Gasteiger partial charge in [-0.25, -0.2) is 4.98 Å². The second-order valence-corrected chi connectivity index (χ2v) is 5.58. The number of benzene rings is 1. The molecule has 0 aliphatic carbocycles. The molecule has 0 aliphatic heterocycles. The molecule has 1 atom stereocenters. The van der Waals surface area contributed by atoms with Crippen molar-refractivity contribution in [3.8, 4) is 0 Å². The molecule has 5 heteroatoms. The maximum absolute atomic E-state index is 12.1. The van der Waals surface area contributed by atoms with Crippen LogP contribution in [0, 0.1) is 6.92 Å². The molecule has 0 N–H and O–H groups in total. The summed E-state index contributed by atoms with van der Waals surface area (Å²) in [4.78, 5) is 16.3. The highest BCUT2D eigenvalue weighted by molar-refractivity contribution is 9.10. The molecule has 100 valence electrons. The molecular formula is C14H15BrN2OS. The highest BCUT2D eigenvalue weighted by Crippen LogP contribution is 2.19. The normalized spacial score (nSPS) is 12.4. The topological polar surface area (TPSA) is 34.9 Å². The van der Waals surface area contributed by atoms with Gasteiger partial charge in [0.1, 0.15) is 10.3 Å². The summed E-state index contributed by atoms with van der Waals surface area (Å²) >= 11 is 7.64. The van der Waals surface area contributed by atoms with Crippen LogP contribution in [-0.2, 0) is 6.54 Å². The van der Waals surface area contributed by atoms with Gasteiger partial charge in [-0.05, 0) is 34.2 Å². The van der Waals surface area contributed by atoms with Crippen LogP contribution in [0.3, 0.4) is 0 Å². The lowest BCUT2D eigenvalue weighted by Gasteiger charge is -2.18. The fourth-order valence-corrected chi connectivity index (χ4v) is 2.62. The Balaban J connectivity index is 2.35. The average molecular weight is 339 g/mol. The molecule has 0 aliphatic rings. The van der Waals surface area contributed by atoms with Crippen molar-refractivity contribution >= 4 is 28.6 Å². The third-order valence-corrected chi connectivity index (χ3v) is 4.08. The van der Waals surface area contributed by atoms with E-state index in [0.29, 0.717) is 16.8 Å². The Hall–Kier alpha value is -1.07. The minimum Gasteiger partial charge on any atom is -0.295 e. The van der Waals surface area contributed by atoms with E-state index in [9.17, 15) is 4.79 Å². The van der Waals surface area contributed by atoms with Crippen LogP contribution in [0.1, 0.15) is 17.3 Å². The summed E-state index contributed by atoms with van der Waals surface area (Å²) < 4.78 is 2.18. The number of nitrogens with zero attached hydrogens (tertiary/aromatic N) is 2. The molecule has 0 bridgehead atoms. The number of aromatic nitrogens is 2. The van der Waals surface area contributed by atoms with Crippen LogP contribution in [0.2, 0.25) is 0 Å². The molecule has 1 aromatic heterocycles. The Morgan fingerprint density at radius 2 is 2.05 bits per heavy atom. The van der Waals surface area contributed by atoms with Crippen LogP contribution in [-0.4, -0.2) is 15.3 Å². The summed E-state index contributed by atoms with van der Waals surface area (Å²) in [5, 5.41) is 0. The van der Waals surface area contributed by atoms with Crippen molar-refractivity contribution in [2.45, 2.75) is 19.4 Å². The number of halogens is 1. The van der Waals surface area contributed by atoms with Crippen LogP contribution in [0.25, 0.3) is 0 Å². The first kappa shape index (κ1) is 14.3. The Labute approximate surface area is 126 Å². The van der Waals surface area contributed by atoms with E-state index in [4.69, 9.17) is 0 Å². The summed E-state index contributed by atoms with van der Waals surface area (Å²) in [6.07, 6.45) is 1.55. The maximum Gasteiger partial charge on any atom is 0.267 e. The molecule has 19 heavy (non-hydrogen) atoms. The van der Waals surface area contributed by atoms with E-state index < -0.39 is 0 Å². The van der Waals surface area contributed by atoms with E-state index in [1.807, 2.05) is 25.1 Å². The van der Waals surface area contributed by atoms with Gasteiger partial charge in [-0.15, -0.1) is 0 Å². The van der Waals surface area contributed by atoms with Crippen molar-refractivity contribution in [1.29, 1.82) is 0 Å². The highest BCUT2D eigenvalue weighted by Gasteiger charge is 2.14. The zero-order chi connectivity index (χ0) is 13.8. The Kier molecular flexibility index (Phi) is 4.82. The molecule has 0 saturated heterocycles. The molecule has 2 rings (SSSR count). The van der Waals surface area contributed by atoms with Crippen molar-refractivity contribution in [2.24, 2.45) is 0 Å². The lowest BCUT2D eigenvalue weighted by molar-refractivity contribution is 0.560. The number of aryl methyl sites for hydroxylation is 1. The zero-order valence-corrected chi connectivity index (χ0v) is 13.1. The first-order chi connectivity index (χ1) is 9.13. The maximum atomic E-state index is 12.1. The molecule has 3 nitrogen and oxygen atoms in total. The van der Waals surface area contributed by atoms with Crippen LogP contribution < -0.4 is 5.56 Å². The summed E-state index contributed by atoms with van der Waals surface area (Å²) in [6, 6.07) is 10.1. The second kappa shape index (κ2) is 6.39. The third-order valence-electron chi connectivity index (χ3n) is 3.10. The monoisotopic (exact) mass is 338 g/mol. The molecule has 1 unspecified atom stereocenters. The highest BCUT2D eigenvalue weighted by atomic mass is 79.9. The number of rotatable bonds is 4. The fraction of sp³-hybridized carbons (Fsp3) is 0.286. The van der Waals surface area contributed by atoms with E-state index >= 15 is 0 Å². The quantitative estimate of drug-likeness (QED) is 0.869. The molecule has 1 heterocycles. The predicted octanol–water partition coefficient (Wildman–Crippen LogP) is 3.03. The smallest absolute Gasteiger partial charge is 0.267 e. The van der Waals surface area contributed by atoms with E-state index in [-0.39, 0.29) is 11.5 Å². The van der Waals surface area contributed by atoms with E-state index in [2.05, 4.69) is 45.7 Å². The van der Waals surface area contributed by atoms with Crippen molar-refractivity contribution in [2.75, 3.05) is 5.75 Å². The van der Waals surface area contributed by atoms with Crippen LogP contribution in [0.5, 0.6) is 0 Å². The molecule has 0 radical (unpaired) electrons. The van der Waals surface area contributed by atoms with E-state index in [1.54, 1.807) is 10.8 Å². The van der Waals surface area contributed by atoms with Gasteiger partial charge in [0.25, 0.3) is 5.56 Å². The van der Waals surface area contributed by atoms with E-state index in [1.165, 1.54) is 5.56 Å². The van der Waals surface area contributed by atoms with E-state index in [0.717, 1.165) is 5.82 Å². The van der Waals surface area contributed by atoms with Gasteiger partial charge < -0.3 is 0 Å². The molecule has 1 aromatic carbocycles. The Bertz CT molecular complexity index is 613. The van der Waals surface area contributed by atoms with Crippen molar-refractivity contribution in [3.05, 3.63) is 62.7 Å². The van der Waals surface area contributed by atoms with Gasteiger partial charge in [0.05, 0.1) is 0 Å². The molecule has 2 aromatic rings. The summed E-state index contributed by atoms with van der Waals surface area (Å²) in [6.45, 7) is 2.43. The van der Waals surface area contributed by atoms with Crippen molar-refractivity contribution in [1.82, 2.24) is 9.55 Å². The minimum absolute atomic E-state index is 0.0461. The van der Waals surface area contributed by atoms with Gasteiger partial charge >= 0.3 is 0 Å². The predicted molar refractivity (Wildman–Crippen MR) is 84.0 cm³/mol.